The van der Waals surface area contributed by atoms with Gasteiger partial charge in [-0.05, 0) is 54.9 Å². The van der Waals surface area contributed by atoms with Crippen LogP contribution < -0.4 is 4.90 Å². The van der Waals surface area contributed by atoms with Crippen LogP contribution in [0.2, 0.25) is 0 Å². The van der Waals surface area contributed by atoms with Gasteiger partial charge in [0.1, 0.15) is 0 Å². The zero-order chi connectivity index (χ0) is 12.9. The summed E-state index contributed by atoms with van der Waals surface area (Å²) >= 11 is 3.30. The van der Waals surface area contributed by atoms with Crippen LogP contribution in [-0.4, -0.2) is 11.9 Å². The van der Waals surface area contributed by atoms with Crippen molar-refractivity contribution >= 4 is 33.6 Å². The third-order valence-electron chi connectivity index (χ3n) is 3.88. The Morgan fingerprint density at radius 1 is 1.39 bits per heavy atom. The number of hydrogen-bond acceptors (Lipinski definition) is 1. The summed E-state index contributed by atoms with van der Waals surface area (Å²) in [5.74, 6) is 0.250. The highest BCUT2D eigenvalue weighted by Gasteiger charge is 2.48. The zero-order valence-corrected chi connectivity index (χ0v) is 12.2. The van der Waals surface area contributed by atoms with Crippen LogP contribution in [0.4, 0.5) is 5.69 Å². The van der Waals surface area contributed by atoms with Crippen LogP contribution in [0.3, 0.4) is 0 Å². The van der Waals surface area contributed by atoms with Crippen LogP contribution in [0.25, 0.3) is 6.08 Å². The third kappa shape index (κ3) is 1.64. The van der Waals surface area contributed by atoms with Gasteiger partial charge in [-0.3, -0.25) is 4.79 Å². The number of anilines is 1. The van der Waals surface area contributed by atoms with E-state index >= 15 is 0 Å². The Hall–Kier alpha value is -1.09. The van der Waals surface area contributed by atoms with Crippen LogP contribution in [-0.2, 0) is 10.2 Å². The van der Waals surface area contributed by atoms with Gasteiger partial charge in [0.05, 0.1) is 5.41 Å². The van der Waals surface area contributed by atoms with Gasteiger partial charge in [-0.2, -0.15) is 0 Å². The molecule has 0 bridgehead atoms. The molecule has 0 saturated heterocycles. The van der Waals surface area contributed by atoms with Gasteiger partial charge in [-0.1, -0.05) is 28.1 Å². The lowest BCUT2D eigenvalue weighted by atomic mass is 9.86. The Bertz CT molecular complexity index is 543. The number of benzene rings is 1. The van der Waals surface area contributed by atoms with E-state index < -0.39 is 0 Å². The number of halogens is 1. The van der Waals surface area contributed by atoms with E-state index in [0.717, 1.165) is 29.7 Å². The van der Waals surface area contributed by atoms with Crippen molar-refractivity contribution in [3.63, 3.8) is 0 Å². The number of fused-ring (bicyclic) bond motifs is 1. The lowest BCUT2D eigenvalue weighted by molar-refractivity contribution is -0.122. The van der Waals surface area contributed by atoms with Gasteiger partial charge in [0.15, 0.2) is 0 Å². The summed E-state index contributed by atoms with van der Waals surface area (Å²) in [4.78, 5) is 16.4. The number of rotatable bonds is 2. The number of carbonyl (C=O) groups excluding carboxylic acids is 1. The number of amides is 1. The lowest BCUT2D eigenvalue weighted by Gasteiger charge is -2.19. The SMILES string of the molecule is CC1(C)C(=O)N(C2CC2)c2cc(C=CBr)ccc21. The van der Waals surface area contributed by atoms with Crippen LogP contribution in [0, 0.1) is 0 Å². The summed E-state index contributed by atoms with van der Waals surface area (Å²) in [6.07, 6.45) is 4.28. The predicted molar refractivity (Wildman–Crippen MR) is 77.9 cm³/mol. The largest absolute Gasteiger partial charge is 0.308 e. The van der Waals surface area contributed by atoms with E-state index in [2.05, 4.69) is 34.1 Å². The van der Waals surface area contributed by atoms with E-state index in [-0.39, 0.29) is 11.3 Å². The molecule has 3 rings (SSSR count). The van der Waals surface area contributed by atoms with Crippen molar-refractivity contribution in [3.8, 4) is 0 Å². The fourth-order valence-electron chi connectivity index (χ4n) is 2.67. The van der Waals surface area contributed by atoms with Gasteiger partial charge in [0, 0.05) is 11.7 Å². The molecule has 0 radical (unpaired) electrons. The first kappa shape index (κ1) is 12.0. The molecule has 0 spiro atoms. The summed E-state index contributed by atoms with van der Waals surface area (Å²) < 4.78 is 0. The minimum absolute atomic E-state index is 0.250. The first-order valence-corrected chi connectivity index (χ1v) is 7.22. The molecule has 1 aromatic carbocycles. The molecule has 2 nitrogen and oxygen atoms in total. The predicted octanol–water partition coefficient (Wildman–Crippen LogP) is 3.84. The first-order valence-electron chi connectivity index (χ1n) is 6.30. The smallest absolute Gasteiger partial charge is 0.237 e. The molecule has 1 amide bonds. The van der Waals surface area contributed by atoms with Gasteiger partial charge in [-0.25, -0.2) is 0 Å². The van der Waals surface area contributed by atoms with Crippen molar-refractivity contribution in [1.82, 2.24) is 0 Å². The highest BCUT2D eigenvalue weighted by molar-refractivity contribution is 9.11. The molecular formula is C15H16BrNO. The van der Waals surface area contributed by atoms with Crippen LogP contribution in [0.15, 0.2) is 23.2 Å². The van der Waals surface area contributed by atoms with Crippen LogP contribution >= 0.6 is 15.9 Å². The average molecular weight is 306 g/mol. The van der Waals surface area contributed by atoms with Crippen molar-refractivity contribution in [2.45, 2.75) is 38.1 Å². The van der Waals surface area contributed by atoms with Gasteiger partial charge in [0.25, 0.3) is 0 Å². The van der Waals surface area contributed by atoms with E-state index in [1.54, 1.807) is 0 Å². The molecule has 1 saturated carbocycles. The van der Waals surface area contributed by atoms with Gasteiger partial charge >= 0.3 is 0 Å². The Labute approximate surface area is 116 Å². The maximum atomic E-state index is 12.5. The monoisotopic (exact) mass is 305 g/mol. The molecule has 0 aromatic heterocycles. The van der Waals surface area contributed by atoms with E-state index in [1.807, 2.05) is 29.8 Å². The molecule has 1 fully saturated rings. The van der Waals surface area contributed by atoms with Crippen molar-refractivity contribution in [1.29, 1.82) is 0 Å². The molecule has 1 aromatic rings. The molecule has 3 heteroatoms. The highest BCUT2D eigenvalue weighted by Crippen LogP contribution is 2.46. The fourth-order valence-corrected chi connectivity index (χ4v) is 2.98. The maximum Gasteiger partial charge on any atom is 0.237 e. The molecule has 2 aliphatic rings. The number of nitrogens with zero attached hydrogens (tertiary/aromatic N) is 1. The average Bonchev–Trinajstić information content (AvgIpc) is 3.11. The van der Waals surface area contributed by atoms with E-state index in [0.29, 0.717) is 6.04 Å². The summed E-state index contributed by atoms with van der Waals surface area (Å²) in [6.45, 7) is 4.05. The van der Waals surface area contributed by atoms with Crippen molar-refractivity contribution in [3.05, 3.63) is 34.3 Å². The summed E-state index contributed by atoms with van der Waals surface area (Å²) in [7, 11) is 0. The van der Waals surface area contributed by atoms with E-state index in [9.17, 15) is 4.79 Å². The summed E-state index contributed by atoms with van der Waals surface area (Å²) in [5, 5.41) is 0. The second-order valence-electron chi connectivity index (χ2n) is 5.60. The molecular weight excluding hydrogens is 290 g/mol. The highest BCUT2D eigenvalue weighted by atomic mass is 79.9. The van der Waals surface area contributed by atoms with Gasteiger partial charge in [-0.15, -0.1) is 0 Å². The standard InChI is InChI=1S/C15H16BrNO/c1-15(2)12-6-3-10(7-8-16)9-13(12)17(14(15)18)11-4-5-11/h3,6-9,11H,4-5H2,1-2H3. The number of carbonyl (C=O) groups is 1. The van der Waals surface area contributed by atoms with Crippen molar-refractivity contribution in [2.24, 2.45) is 0 Å². The minimum Gasteiger partial charge on any atom is -0.308 e. The molecule has 1 aliphatic heterocycles. The van der Waals surface area contributed by atoms with Crippen molar-refractivity contribution < 1.29 is 4.79 Å². The Morgan fingerprint density at radius 2 is 2.11 bits per heavy atom. The maximum absolute atomic E-state index is 12.5. The Kier molecular flexibility index (Phi) is 2.63. The molecule has 0 N–H and O–H groups in total. The molecule has 94 valence electrons. The first-order chi connectivity index (χ1) is 8.55. The van der Waals surface area contributed by atoms with Crippen molar-refractivity contribution in [2.75, 3.05) is 4.90 Å². The topological polar surface area (TPSA) is 20.3 Å². The molecule has 18 heavy (non-hydrogen) atoms. The second-order valence-corrected chi connectivity index (χ2v) is 6.13. The normalized spacial score (nSPS) is 21.7. The quantitative estimate of drug-likeness (QED) is 0.813. The molecule has 0 unspecified atom stereocenters. The minimum atomic E-state index is -0.380. The van der Waals surface area contributed by atoms with Crippen LogP contribution in [0.5, 0.6) is 0 Å². The summed E-state index contributed by atoms with van der Waals surface area (Å²) in [5.41, 5.74) is 3.01. The molecule has 1 aliphatic carbocycles. The van der Waals surface area contributed by atoms with Gasteiger partial charge < -0.3 is 4.90 Å². The van der Waals surface area contributed by atoms with Crippen LogP contribution in [0.1, 0.15) is 37.8 Å². The lowest BCUT2D eigenvalue weighted by Crippen LogP contribution is -2.37. The number of hydrogen-bond donors (Lipinski definition) is 0. The summed E-state index contributed by atoms with van der Waals surface area (Å²) in [6, 6.07) is 6.72. The molecule has 1 heterocycles. The second kappa shape index (κ2) is 3.95. The van der Waals surface area contributed by atoms with Gasteiger partial charge in [0.2, 0.25) is 5.91 Å². The Morgan fingerprint density at radius 3 is 2.72 bits per heavy atom. The van der Waals surface area contributed by atoms with E-state index in [4.69, 9.17) is 0 Å². The fraction of sp³-hybridized carbons (Fsp3) is 0.400. The van der Waals surface area contributed by atoms with E-state index in [1.165, 1.54) is 0 Å². The third-order valence-corrected chi connectivity index (χ3v) is 4.14. The zero-order valence-electron chi connectivity index (χ0n) is 10.6. The Balaban J connectivity index is 2.14. The molecule has 0 atom stereocenters.